The van der Waals surface area contributed by atoms with Crippen molar-refractivity contribution in [3.63, 3.8) is 0 Å². The van der Waals surface area contributed by atoms with Crippen molar-refractivity contribution >= 4 is 5.97 Å². The molecular formula is C20H22O3. The first-order valence-corrected chi connectivity index (χ1v) is 7.81. The van der Waals surface area contributed by atoms with Gasteiger partial charge in [0.1, 0.15) is 0 Å². The Hall–Kier alpha value is -2.39. The average molecular weight is 310 g/mol. The maximum Gasteiger partial charge on any atom is 0.303 e. The van der Waals surface area contributed by atoms with Crippen LogP contribution in [0.5, 0.6) is 0 Å². The van der Waals surface area contributed by atoms with Gasteiger partial charge in [0.15, 0.2) is 0 Å². The SMILES string of the molecule is O=C(O)CCc1ccccc1CC=CCOCc1ccccc1. The number of carbonyl (C=O) groups is 1. The highest BCUT2D eigenvalue weighted by atomic mass is 16.5. The number of carboxylic acid groups (broad SMARTS) is 1. The van der Waals surface area contributed by atoms with E-state index in [0.29, 0.717) is 19.6 Å². The highest BCUT2D eigenvalue weighted by Crippen LogP contribution is 2.12. The molecule has 2 rings (SSSR count). The fraction of sp³-hybridized carbons (Fsp3) is 0.250. The van der Waals surface area contributed by atoms with Crippen molar-refractivity contribution in [3.8, 4) is 0 Å². The molecule has 0 amide bonds. The Labute approximate surface area is 137 Å². The lowest BCUT2D eigenvalue weighted by Gasteiger charge is -2.06. The van der Waals surface area contributed by atoms with Gasteiger partial charge in [-0.15, -0.1) is 0 Å². The van der Waals surface area contributed by atoms with Crippen molar-refractivity contribution in [1.82, 2.24) is 0 Å². The van der Waals surface area contributed by atoms with Crippen molar-refractivity contribution in [2.75, 3.05) is 6.61 Å². The highest BCUT2D eigenvalue weighted by Gasteiger charge is 2.03. The maximum absolute atomic E-state index is 10.7. The molecular weight excluding hydrogens is 288 g/mol. The maximum atomic E-state index is 10.7. The van der Waals surface area contributed by atoms with Crippen molar-refractivity contribution in [1.29, 1.82) is 0 Å². The average Bonchev–Trinajstić information content (AvgIpc) is 2.58. The summed E-state index contributed by atoms with van der Waals surface area (Å²) in [5, 5.41) is 8.80. The molecule has 0 aliphatic rings. The van der Waals surface area contributed by atoms with Gasteiger partial charge in [-0.3, -0.25) is 4.79 Å². The van der Waals surface area contributed by atoms with E-state index in [4.69, 9.17) is 9.84 Å². The van der Waals surface area contributed by atoms with Crippen LogP contribution in [0.1, 0.15) is 23.1 Å². The number of carboxylic acids is 1. The third kappa shape index (κ3) is 6.49. The molecule has 0 saturated carbocycles. The van der Waals surface area contributed by atoms with E-state index in [0.717, 1.165) is 12.0 Å². The molecule has 0 radical (unpaired) electrons. The van der Waals surface area contributed by atoms with Crippen LogP contribution in [0.15, 0.2) is 66.7 Å². The van der Waals surface area contributed by atoms with Crippen LogP contribution < -0.4 is 0 Å². The largest absolute Gasteiger partial charge is 0.481 e. The van der Waals surface area contributed by atoms with Crippen LogP contribution in [-0.4, -0.2) is 17.7 Å². The van der Waals surface area contributed by atoms with Crippen LogP contribution >= 0.6 is 0 Å². The predicted octanol–water partition coefficient (Wildman–Crippen LogP) is 4.02. The van der Waals surface area contributed by atoms with Gasteiger partial charge in [-0.1, -0.05) is 66.7 Å². The van der Waals surface area contributed by atoms with E-state index < -0.39 is 5.97 Å². The van der Waals surface area contributed by atoms with Gasteiger partial charge < -0.3 is 9.84 Å². The van der Waals surface area contributed by atoms with Gasteiger partial charge >= 0.3 is 5.97 Å². The smallest absolute Gasteiger partial charge is 0.303 e. The van der Waals surface area contributed by atoms with Gasteiger partial charge in [-0.25, -0.2) is 0 Å². The number of aliphatic carboxylic acids is 1. The summed E-state index contributed by atoms with van der Waals surface area (Å²) in [5.74, 6) is -0.760. The fourth-order valence-corrected chi connectivity index (χ4v) is 2.34. The fourth-order valence-electron chi connectivity index (χ4n) is 2.34. The molecule has 2 aromatic carbocycles. The Morgan fingerprint density at radius 1 is 0.957 bits per heavy atom. The molecule has 2 aromatic rings. The van der Waals surface area contributed by atoms with Crippen LogP contribution in [0.4, 0.5) is 0 Å². The molecule has 0 heterocycles. The third-order valence-electron chi connectivity index (χ3n) is 3.56. The van der Waals surface area contributed by atoms with E-state index in [1.165, 1.54) is 11.1 Å². The van der Waals surface area contributed by atoms with Crippen LogP contribution in [0.3, 0.4) is 0 Å². The zero-order valence-electron chi connectivity index (χ0n) is 13.2. The number of hydrogen-bond acceptors (Lipinski definition) is 2. The minimum Gasteiger partial charge on any atom is -0.481 e. The van der Waals surface area contributed by atoms with Gasteiger partial charge in [0.25, 0.3) is 0 Å². The first-order chi connectivity index (χ1) is 11.3. The van der Waals surface area contributed by atoms with E-state index in [2.05, 4.69) is 6.08 Å². The molecule has 0 aliphatic heterocycles. The second-order valence-electron chi connectivity index (χ2n) is 5.34. The molecule has 0 atom stereocenters. The minimum atomic E-state index is -0.760. The van der Waals surface area contributed by atoms with Gasteiger partial charge in [0, 0.05) is 6.42 Å². The van der Waals surface area contributed by atoms with Crippen molar-refractivity contribution in [3.05, 3.63) is 83.4 Å². The lowest BCUT2D eigenvalue weighted by atomic mass is 10.0. The third-order valence-corrected chi connectivity index (χ3v) is 3.56. The topological polar surface area (TPSA) is 46.5 Å². The molecule has 0 bridgehead atoms. The van der Waals surface area contributed by atoms with Crippen molar-refractivity contribution in [2.24, 2.45) is 0 Å². The number of allylic oxidation sites excluding steroid dienone is 1. The number of aryl methyl sites for hydroxylation is 1. The van der Waals surface area contributed by atoms with Gasteiger partial charge in [-0.05, 0) is 29.5 Å². The Morgan fingerprint density at radius 3 is 2.39 bits per heavy atom. The number of benzene rings is 2. The summed E-state index contributed by atoms with van der Waals surface area (Å²) in [7, 11) is 0. The molecule has 0 spiro atoms. The Morgan fingerprint density at radius 2 is 1.65 bits per heavy atom. The number of ether oxygens (including phenoxy) is 1. The summed E-state index contributed by atoms with van der Waals surface area (Å²) in [5.41, 5.74) is 3.44. The van der Waals surface area contributed by atoms with E-state index in [1.807, 2.05) is 60.7 Å². The quantitative estimate of drug-likeness (QED) is 0.562. The second-order valence-corrected chi connectivity index (χ2v) is 5.34. The molecule has 3 heteroatoms. The number of rotatable bonds is 9. The molecule has 0 aromatic heterocycles. The Kier molecular flexibility index (Phi) is 7.08. The molecule has 0 fully saturated rings. The molecule has 1 N–H and O–H groups in total. The van der Waals surface area contributed by atoms with Crippen molar-refractivity contribution in [2.45, 2.75) is 25.9 Å². The van der Waals surface area contributed by atoms with Gasteiger partial charge in [-0.2, -0.15) is 0 Å². The summed E-state index contributed by atoms with van der Waals surface area (Å²) in [6, 6.07) is 18.1. The summed E-state index contributed by atoms with van der Waals surface area (Å²) in [6.07, 6.45) is 5.62. The van der Waals surface area contributed by atoms with E-state index in [-0.39, 0.29) is 6.42 Å². The molecule has 0 aliphatic carbocycles. The molecule has 0 saturated heterocycles. The van der Waals surface area contributed by atoms with E-state index >= 15 is 0 Å². The van der Waals surface area contributed by atoms with Crippen LogP contribution in [0.25, 0.3) is 0 Å². The summed E-state index contributed by atoms with van der Waals surface area (Å²) in [6.45, 7) is 1.19. The van der Waals surface area contributed by atoms with Gasteiger partial charge in [0.2, 0.25) is 0 Å². The molecule has 0 unspecified atom stereocenters. The normalized spacial score (nSPS) is 11.0. The predicted molar refractivity (Wildman–Crippen MR) is 91.3 cm³/mol. The lowest BCUT2D eigenvalue weighted by molar-refractivity contribution is -0.136. The second kappa shape index (κ2) is 9.59. The van der Waals surface area contributed by atoms with Gasteiger partial charge in [0.05, 0.1) is 13.2 Å². The standard InChI is InChI=1S/C20H22O3/c21-20(22)14-13-19-11-5-4-10-18(19)12-6-7-15-23-16-17-8-2-1-3-9-17/h1-11H,12-16H2,(H,21,22). The summed E-state index contributed by atoms with van der Waals surface area (Å²) in [4.78, 5) is 10.7. The Bertz CT molecular complexity index is 632. The van der Waals surface area contributed by atoms with Crippen LogP contribution in [0.2, 0.25) is 0 Å². The molecule has 3 nitrogen and oxygen atoms in total. The zero-order valence-corrected chi connectivity index (χ0v) is 13.2. The Balaban J connectivity index is 1.75. The monoisotopic (exact) mass is 310 g/mol. The van der Waals surface area contributed by atoms with Crippen molar-refractivity contribution < 1.29 is 14.6 Å². The lowest BCUT2D eigenvalue weighted by Crippen LogP contribution is -2.00. The summed E-state index contributed by atoms with van der Waals surface area (Å²) < 4.78 is 5.60. The molecule has 120 valence electrons. The first-order valence-electron chi connectivity index (χ1n) is 7.81. The molecule has 23 heavy (non-hydrogen) atoms. The summed E-state index contributed by atoms with van der Waals surface area (Å²) >= 11 is 0. The highest BCUT2D eigenvalue weighted by molar-refractivity contribution is 5.67. The zero-order chi connectivity index (χ0) is 16.3. The number of hydrogen-bond donors (Lipinski definition) is 1. The minimum absolute atomic E-state index is 0.168. The van der Waals surface area contributed by atoms with E-state index in [9.17, 15) is 4.79 Å². The first kappa shape index (κ1) is 17.0. The van der Waals surface area contributed by atoms with Crippen LogP contribution in [-0.2, 0) is 29.0 Å². The van der Waals surface area contributed by atoms with E-state index in [1.54, 1.807) is 0 Å². The van der Waals surface area contributed by atoms with Crippen LogP contribution in [0, 0.1) is 0 Å².